The average Bonchev–Trinajstić information content (AvgIpc) is 2.81. The topological polar surface area (TPSA) is 48.4 Å². The van der Waals surface area contributed by atoms with Gasteiger partial charge in [0.2, 0.25) is 0 Å². The van der Waals surface area contributed by atoms with E-state index in [0.29, 0.717) is 11.0 Å². The molecule has 2 heterocycles. The number of rotatable bonds is 4. The first-order chi connectivity index (χ1) is 8.25. The van der Waals surface area contributed by atoms with Gasteiger partial charge in [0.05, 0.1) is 12.5 Å². The number of carbonyl (C=O) groups is 1. The van der Waals surface area contributed by atoms with Crippen LogP contribution in [0.5, 0.6) is 0 Å². The van der Waals surface area contributed by atoms with Gasteiger partial charge in [0.15, 0.2) is 0 Å². The molecule has 1 saturated heterocycles. The van der Waals surface area contributed by atoms with Crippen LogP contribution < -0.4 is 0 Å². The molecule has 1 fully saturated rings. The number of carbonyl (C=O) groups excluding carboxylic acids is 1. The Morgan fingerprint density at radius 2 is 2.53 bits per heavy atom. The van der Waals surface area contributed by atoms with Gasteiger partial charge in [-0.25, -0.2) is 4.98 Å². The number of ether oxygens (including phenoxy) is 2. The van der Waals surface area contributed by atoms with Crippen molar-refractivity contribution in [3.8, 4) is 0 Å². The second kappa shape index (κ2) is 6.12. The fraction of sp³-hybridized carbons (Fsp3) is 0.500. The van der Waals surface area contributed by atoms with Crippen LogP contribution in [0.15, 0.2) is 22.9 Å². The van der Waals surface area contributed by atoms with Crippen LogP contribution in [0, 0.1) is 0 Å². The summed E-state index contributed by atoms with van der Waals surface area (Å²) in [7, 11) is 0. The largest absolute Gasteiger partial charge is 0.461 e. The summed E-state index contributed by atoms with van der Waals surface area (Å²) in [5, 5.41) is 0. The van der Waals surface area contributed by atoms with Gasteiger partial charge >= 0.3 is 5.97 Å². The standard InChI is InChI=1S/C12H14BrNO3/c13-12-9(3-1-5-14-12)8-17-11(15)7-10-4-2-6-16-10/h1,3,5,10H,2,4,6-8H2/t10-/m0/s1. The highest BCUT2D eigenvalue weighted by Gasteiger charge is 2.20. The quantitative estimate of drug-likeness (QED) is 0.633. The van der Waals surface area contributed by atoms with E-state index in [-0.39, 0.29) is 18.7 Å². The Morgan fingerprint density at radius 1 is 1.65 bits per heavy atom. The molecule has 4 nitrogen and oxygen atoms in total. The van der Waals surface area contributed by atoms with Crippen molar-refractivity contribution >= 4 is 21.9 Å². The lowest BCUT2D eigenvalue weighted by atomic mass is 10.2. The molecule has 0 amide bonds. The summed E-state index contributed by atoms with van der Waals surface area (Å²) in [5.74, 6) is -0.215. The first kappa shape index (κ1) is 12.5. The predicted octanol–water partition coefficient (Wildman–Crippen LogP) is 2.46. The van der Waals surface area contributed by atoms with Crippen LogP contribution in [0.4, 0.5) is 0 Å². The summed E-state index contributed by atoms with van der Waals surface area (Å²) in [6.07, 6.45) is 4.05. The molecule has 1 aliphatic rings. The van der Waals surface area contributed by atoms with Crippen molar-refractivity contribution in [2.24, 2.45) is 0 Å². The Hall–Kier alpha value is -0.940. The molecule has 92 valence electrons. The maximum absolute atomic E-state index is 11.5. The van der Waals surface area contributed by atoms with Crippen molar-refractivity contribution in [2.45, 2.75) is 32.0 Å². The van der Waals surface area contributed by atoms with Gasteiger partial charge in [-0.15, -0.1) is 0 Å². The van der Waals surface area contributed by atoms with E-state index >= 15 is 0 Å². The molecule has 0 aliphatic carbocycles. The summed E-state index contributed by atoms with van der Waals surface area (Å²) in [4.78, 5) is 15.6. The SMILES string of the molecule is O=C(C[C@@H]1CCCO1)OCc1cccnc1Br. The van der Waals surface area contributed by atoms with E-state index in [1.54, 1.807) is 6.20 Å². The normalized spacial score (nSPS) is 19.2. The molecule has 1 aromatic heterocycles. The highest BCUT2D eigenvalue weighted by Crippen LogP contribution is 2.17. The minimum atomic E-state index is -0.215. The van der Waals surface area contributed by atoms with Crippen molar-refractivity contribution in [1.29, 1.82) is 0 Å². The number of nitrogens with zero attached hydrogens (tertiary/aromatic N) is 1. The molecule has 1 aliphatic heterocycles. The summed E-state index contributed by atoms with van der Waals surface area (Å²) in [6.45, 7) is 1.01. The van der Waals surface area contributed by atoms with Gasteiger partial charge in [-0.05, 0) is 34.8 Å². The maximum Gasteiger partial charge on any atom is 0.308 e. The van der Waals surface area contributed by atoms with Gasteiger partial charge in [-0.3, -0.25) is 4.79 Å². The monoisotopic (exact) mass is 299 g/mol. The third kappa shape index (κ3) is 3.78. The Morgan fingerprint density at radius 3 is 3.24 bits per heavy atom. The molecule has 2 rings (SSSR count). The number of hydrogen-bond donors (Lipinski definition) is 0. The summed E-state index contributed by atoms with van der Waals surface area (Å²) in [6, 6.07) is 3.68. The molecule has 0 saturated carbocycles. The third-order valence-electron chi connectivity index (χ3n) is 2.64. The zero-order chi connectivity index (χ0) is 12.1. The second-order valence-corrected chi connectivity index (χ2v) is 4.70. The van der Waals surface area contributed by atoms with Gasteiger partial charge in [0.25, 0.3) is 0 Å². The molecule has 5 heteroatoms. The first-order valence-corrected chi connectivity index (χ1v) is 6.41. The lowest BCUT2D eigenvalue weighted by Crippen LogP contribution is -2.15. The summed E-state index contributed by atoms with van der Waals surface area (Å²) >= 11 is 3.31. The van der Waals surface area contributed by atoms with E-state index < -0.39 is 0 Å². The molecule has 0 radical (unpaired) electrons. The molecule has 0 spiro atoms. The third-order valence-corrected chi connectivity index (χ3v) is 3.36. The van der Waals surface area contributed by atoms with Crippen molar-refractivity contribution < 1.29 is 14.3 Å². The minimum absolute atomic E-state index is 0.0415. The lowest BCUT2D eigenvalue weighted by Gasteiger charge is -2.09. The average molecular weight is 300 g/mol. The molecule has 0 bridgehead atoms. The Labute approximate surface area is 108 Å². The van der Waals surface area contributed by atoms with E-state index in [1.807, 2.05) is 12.1 Å². The highest BCUT2D eigenvalue weighted by molar-refractivity contribution is 9.10. The van der Waals surface area contributed by atoms with Crippen LogP contribution in [0.2, 0.25) is 0 Å². The fourth-order valence-corrected chi connectivity index (χ4v) is 2.10. The summed E-state index contributed by atoms with van der Waals surface area (Å²) in [5.41, 5.74) is 0.869. The predicted molar refractivity (Wildman–Crippen MR) is 65.3 cm³/mol. The van der Waals surface area contributed by atoms with Crippen LogP contribution in [-0.4, -0.2) is 23.7 Å². The first-order valence-electron chi connectivity index (χ1n) is 5.62. The van der Waals surface area contributed by atoms with Gasteiger partial charge in [-0.1, -0.05) is 6.07 Å². The Bertz CT molecular complexity index is 391. The van der Waals surface area contributed by atoms with Crippen LogP contribution in [0.1, 0.15) is 24.8 Å². The molecular formula is C12H14BrNO3. The number of aromatic nitrogens is 1. The molecule has 0 N–H and O–H groups in total. The van der Waals surface area contributed by atoms with E-state index in [0.717, 1.165) is 25.0 Å². The minimum Gasteiger partial charge on any atom is -0.461 e. The Kier molecular flexibility index (Phi) is 4.50. The molecule has 0 unspecified atom stereocenters. The van der Waals surface area contributed by atoms with E-state index in [4.69, 9.17) is 9.47 Å². The van der Waals surface area contributed by atoms with Crippen molar-refractivity contribution in [1.82, 2.24) is 4.98 Å². The number of esters is 1. The molecule has 0 aromatic carbocycles. The van der Waals surface area contributed by atoms with Gasteiger partial charge in [0.1, 0.15) is 11.2 Å². The smallest absolute Gasteiger partial charge is 0.308 e. The van der Waals surface area contributed by atoms with Gasteiger partial charge < -0.3 is 9.47 Å². The van der Waals surface area contributed by atoms with E-state index in [9.17, 15) is 4.79 Å². The molecule has 1 aromatic rings. The molecule has 1 atom stereocenters. The van der Waals surface area contributed by atoms with Crippen molar-refractivity contribution in [3.63, 3.8) is 0 Å². The second-order valence-electron chi connectivity index (χ2n) is 3.95. The number of pyridine rings is 1. The van der Waals surface area contributed by atoms with E-state index in [2.05, 4.69) is 20.9 Å². The van der Waals surface area contributed by atoms with Crippen LogP contribution in [0.25, 0.3) is 0 Å². The molecule has 17 heavy (non-hydrogen) atoms. The van der Waals surface area contributed by atoms with Gasteiger partial charge in [-0.2, -0.15) is 0 Å². The van der Waals surface area contributed by atoms with Crippen LogP contribution >= 0.6 is 15.9 Å². The highest BCUT2D eigenvalue weighted by atomic mass is 79.9. The van der Waals surface area contributed by atoms with Crippen molar-refractivity contribution in [3.05, 3.63) is 28.5 Å². The maximum atomic E-state index is 11.5. The van der Waals surface area contributed by atoms with Crippen LogP contribution in [0.3, 0.4) is 0 Å². The molecular weight excluding hydrogens is 286 g/mol. The van der Waals surface area contributed by atoms with E-state index in [1.165, 1.54) is 0 Å². The fourth-order valence-electron chi connectivity index (χ4n) is 1.74. The van der Waals surface area contributed by atoms with Gasteiger partial charge in [0, 0.05) is 18.4 Å². The number of hydrogen-bond acceptors (Lipinski definition) is 4. The zero-order valence-corrected chi connectivity index (χ0v) is 11.0. The number of halogens is 1. The zero-order valence-electron chi connectivity index (χ0n) is 9.39. The van der Waals surface area contributed by atoms with Crippen molar-refractivity contribution in [2.75, 3.05) is 6.61 Å². The Balaban J connectivity index is 1.77. The van der Waals surface area contributed by atoms with Crippen LogP contribution in [-0.2, 0) is 20.9 Å². The lowest BCUT2D eigenvalue weighted by molar-refractivity contribution is -0.147. The summed E-state index contributed by atoms with van der Waals surface area (Å²) < 4.78 is 11.3.